The molecule has 0 aromatic heterocycles. The van der Waals surface area contributed by atoms with Crippen molar-refractivity contribution in [3.8, 4) is 5.75 Å². The minimum absolute atomic E-state index is 0.0127. The zero-order chi connectivity index (χ0) is 13.2. The summed E-state index contributed by atoms with van der Waals surface area (Å²) < 4.78 is 34.2. The van der Waals surface area contributed by atoms with E-state index in [9.17, 15) is 8.78 Å². The van der Waals surface area contributed by atoms with Crippen LogP contribution in [0.1, 0.15) is 24.0 Å². The van der Waals surface area contributed by atoms with E-state index in [1.165, 1.54) is 13.2 Å². The van der Waals surface area contributed by atoms with E-state index in [2.05, 4.69) is 5.32 Å². The van der Waals surface area contributed by atoms with Crippen LogP contribution < -0.4 is 10.1 Å². The number of nitrogens with one attached hydrogen (secondary N) is 1. The van der Waals surface area contributed by atoms with Crippen molar-refractivity contribution in [1.82, 2.24) is 5.32 Å². The maximum absolute atomic E-state index is 14.5. The van der Waals surface area contributed by atoms with Gasteiger partial charge in [0.15, 0.2) is 0 Å². The van der Waals surface area contributed by atoms with Crippen molar-refractivity contribution >= 4 is 0 Å². The van der Waals surface area contributed by atoms with Crippen molar-refractivity contribution in [3.63, 3.8) is 0 Å². The Bertz CT molecular complexity index is 414. The number of aryl methyl sites for hydroxylation is 1. The van der Waals surface area contributed by atoms with Gasteiger partial charge in [0.1, 0.15) is 5.75 Å². The van der Waals surface area contributed by atoms with Gasteiger partial charge in [-0.2, -0.15) is 0 Å². The molecule has 0 amide bonds. The lowest BCUT2D eigenvalue weighted by atomic mass is 9.87. The molecule has 1 unspecified atom stereocenters. The van der Waals surface area contributed by atoms with Gasteiger partial charge in [0.05, 0.1) is 12.7 Å². The maximum Gasteiger partial charge on any atom is 0.280 e. The van der Waals surface area contributed by atoms with Crippen LogP contribution in [0.3, 0.4) is 0 Å². The van der Waals surface area contributed by atoms with Crippen molar-refractivity contribution < 1.29 is 13.5 Å². The Balaban J connectivity index is 2.35. The molecular formula is C14H19F2NO. The number of alkyl halides is 2. The molecule has 1 fully saturated rings. The molecule has 0 spiro atoms. The normalized spacial score (nSPS) is 20.8. The van der Waals surface area contributed by atoms with Crippen LogP contribution in [-0.4, -0.2) is 20.2 Å². The van der Waals surface area contributed by atoms with Crippen LogP contribution >= 0.6 is 0 Å². The molecule has 0 radical (unpaired) electrons. The highest BCUT2D eigenvalue weighted by Gasteiger charge is 2.43. The van der Waals surface area contributed by atoms with Crippen LogP contribution in [0.5, 0.6) is 5.75 Å². The fraction of sp³-hybridized carbons (Fsp3) is 0.571. The highest BCUT2D eigenvalue weighted by Crippen LogP contribution is 2.43. The Hall–Kier alpha value is -1.16. The predicted molar refractivity (Wildman–Crippen MR) is 67.2 cm³/mol. The molecule has 0 aliphatic carbocycles. The van der Waals surface area contributed by atoms with Crippen LogP contribution in [0.2, 0.25) is 0 Å². The third kappa shape index (κ3) is 2.48. The largest absolute Gasteiger partial charge is 0.496 e. The van der Waals surface area contributed by atoms with Crippen LogP contribution in [0, 0.1) is 12.8 Å². The number of ether oxygens (including phenoxy) is 1. The van der Waals surface area contributed by atoms with Crippen molar-refractivity contribution in [3.05, 3.63) is 29.3 Å². The second kappa shape index (κ2) is 5.22. The lowest BCUT2D eigenvalue weighted by Gasteiger charge is -2.31. The zero-order valence-electron chi connectivity index (χ0n) is 10.8. The van der Waals surface area contributed by atoms with Gasteiger partial charge in [0.25, 0.3) is 5.92 Å². The summed E-state index contributed by atoms with van der Waals surface area (Å²) in [5.41, 5.74) is 0.841. The minimum Gasteiger partial charge on any atom is -0.496 e. The topological polar surface area (TPSA) is 21.3 Å². The lowest BCUT2D eigenvalue weighted by Crippen LogP contribution is -2.39. The van der Waals surface area contributed by atoms with Gasteiger partial charge in [-0.1, -0.05) is 11.6 Å². The Kier molecular flexibility index (Phi) is 3.85. The summed E-state index contributed by atoms with van der Waals surface area (Å²) in [6, 6.07) is 4.94. The maximum atomic E-state index is 14.5. The van der Waals surface area contributed by atoms with Gasteiger partial charge in [-0.15, -0.1) is 0 Å². The summed E-state index contributed by atoms with van der Waals surface area (Å²) in [6.07, 6.45) is 1.35. The molecule has 1 aromatic carbocycles. The number of rotatable bonds is 3. The first-order chi connectivity index (χ1) is 8.55. The Morgan fingerprint density at radius 1 is 1.39 bits per heavy atom. The van der Waals surface area contributed by atoms with Crippen LogP contribution in [0.4, 0.5) is 8.78 Å². The molecule has 0 saturated carbocycles. The lowest BCUT2D eigenvalue weighted by molar-refractivity contribution is -0.0739. The third-order valence-corrected chi connectivity index (χ3v) is 3.52. The average molecular weight is 255 g/mol. The van der Waals surface area contributed by atoms with Crippen molar-refractivity contribution in [2.24, 2.45) is 5.92 Å². The van der Waals surface area contributed by atoms with E-state index in [4.69, 9.17) is 4.74 Å². The molecule has 1 aliphatic heterocycles. The number of methoxy groups -OCH3 is 1. The number of hydrogen-bond acceptors (Lipinski definition) is 2. The first kappa shape index (κ1) is 13.3. The highest BCUT2D eigenvalue weighted by atomic mass is 19.3. The van der Waals surface area contributed by atoms with E-state index in [1.54, 1.807) is 12.1 Å². The number of benzene rings is 1. The molecule has 1 atom stereocenters. The average Bonchev–Trinajstić information content (AvgIpc) is 2.39. The first-order valence-corrected chi connectivity index (χ1v) is 6.29. The monoisotopic (exact) mass is 255 g/mol. The molecule has 4 heteroatoms. The number of halogens is 2. The molecule has 18 heavy (non-hydrogen) atoms. The van der Waals surface area contributed by atoms with Crippen molar-refractivity contribution in [2.45, 2.75) is 25.7 Å². The minimum atomic E-state index is -2.84. The van der Waals surface area contributed by atoms with Crippen LogP contribution in [0.25, 0.3) is 0 Å². The fourth-order valence-electron chi connectivity index (χ4n) is 2.46. The quantitative estimate of drug-likeness (QED) is 0.896. The molecule has 100 valence electrons. The molecule has 1 heterocycles. The summed E-state index contributed by atoms with van der Waals surface area (Å²) in [4.78, 5) is 0. The fourth-order valence-corrected chi connectivity index (χ4v) is 2.46. The second-order valence-corrected chi connectivity index (χ2v) is 4.87. The predicted octanol–water partition coefficient (Wildman–Crippen LogP) is 3.10. The van der Waals surface area contributed by atoms with E-state index in [0.717, 1.165) is 18.5 Å². The zero-order valence-corrected chi connectivity index (χ0v) is 10.8. The SMILES string of the molecule is COc1ccc(C)cc1C(F)(F)C1CCCNC1. The Morgan fingerprint density at radius 2 is 2.17 bits per heavy atom. The van der Waals surface area contributed by atoms with E-state index >= 15 is 0 Å². The third-order valence-electron chi connectivity index (χ3n) is 3.52. The standard InChI is InChI=1S/C14H19F2NO/c1-10-5-6-13(18-2)12(8-10)14(15,16)11-4-3-7-17-9-11/h5-6,8,11,17H,3-4,7,9H2,1-2H3. The highest BCUT2D eigenvalue weighted by molar-refractivity contribution is 5.40. The smallest absolute Gasteiger partial charge is 0.280 e. The molecule has 1 aliphatic rings. The molecule has 1 saturated heterocycles. The molecule has 1 N–H and O–H groups in total. The van der Waals surface area contributed by atoms with E-state index in [0.29, 0.717) is 13.0 Å². The molecule has 1 aromatic rings. The van der Waals surface area contributed by atoms with Crippen LogP contribution in [-0.2, 0) is 5.92 Å². The van der Waals surface area contributed by atoms with Gasteiger partial charge in [-0.25, -0.2) is 8.78 Å². The van der Waals surface area contributed by atoms with Gasteiger partial charge >= 0.3 is 0 Å². The van der Waals surface area contributed by atoms with Gasteiger partial charge in [0.2, 0.25) is 0 Å². The number of hydrogen-bond donors (Lipinski definition) is 1. The van der Waals surface area contributed by atoms with E-state index in [-0.39, 0.29) is 11.3 Å². The van der Waals surface area contributed by atoms with E-state index in [1.807, 2.05) is 6.92 Å². The molecule has 2 nitrogen and oxygen atoms in total. The summed E-state index contributed by atoms with van der Waals surface area (Å²) >= 11 is 0. The summed E-state index contributed by atoms with van der Waals surface area (Å²) in [5, 5.41) is 3.04. The molecular weight excluding hydrogens is 236 g/mol. The first-order valence-electron chi connectivity index (χ1n) is 6.29. The van der Waals surface area contributed by atoms with Gasteiger partial charge in [-0.3, -0.25) is 0 Å². The second-order valence-electron chi connectivity index (χ2n) is 4.87. The van der Waals surface area contributed by atoms with Gasteiger partial charge < -0.3 is 10.1 Å². The number of piperidine rings is 1. The van der Waals surface area contributed by atoms with Crippen LogP contribution in [0.15, 0.2) is 18.2 Å². The van der Waals surface area contributed by atoms with Crippen molar-refractivity contribution in [2.75, 3.05) is 20.2 Å². The van der Waals surface area contributed by atoms with Gasteiger partial charge in [0, 0.05) is 12.5 Å². The van der Waals surface area contributed by atoms with E-state index < -0.39 is 11.8 Å². The van der Waals surface area contributed by atoms with Crippen molar-refractivity contribution in [1.29, 1.82) is 0 Å². The summed E-state index contributed by atoms with van der Waals surface area (Å²) in [5.74, 6) is -3.22. The summed E-state index contributed by atoms with van der Waals surface area (Å²) in [6.45, 7) is 3.01. The Morgan fingerprint density at radius 3 is 2.78 bits per heavy atom. The van der Waals surface area contributed by atoms with Gasteiger partial charge in [-0.05, 0) is 38.4 Å². The molecule has 0 bridgehead atoms. The Labute approximate surface area is 106 Å². The molecule has 2 rings (SSSR count). The summed E-state index contributed by atoms with van der Waals surface area (Å²) in [7, 11) is 1.43.